The normalized spacial score (nSPS) is 10.3. The molecule has 0 fully saturated rings. The summed E-state index contributed by atoms with van der Waals surface area (Å²) in [6.45, 7) is 4.45. The number of amides is 1. The Kier molecular flexibility index (Phi) is 6.22. The van der Waals surface area contributed by atoms with Gasteiger partial charge in [-0.05, 0) is 43.4 Å². The van der Waals surface area contributed by atoms with Crippen molar-refractivity contribution < 1.29 is 14.7 Å². The molecule has 0 atom stereocenters. The van der Waals surface area contributed by atoms with Crippen molar-refractivity contribution in [2.75, 3.05) is 13.6 Å². The first-order valence-electron chi connectivity index (χ1n) is 6.92. The smallest absolute Gasteiger partial charge is 0.305 e. The van der Waals surface area contributed by atoms with Gasteiger partial charge in [-0.15, -0.1) is 0 Å². The Bertz CT molecular complexity index is 483. The van der Waals surface area contributed by atoms with Gasteiger partial charge in [-0.3, -0.25) is 9.59 Å². The van der Waals surface area contributed by atoms with Crippen molar-refractivity contribution in [2.24, 2.45) is 0 Å². The van der Waals surface area contributed by atoms with Gasteiger partial charge in [0.1, 0.15) is 0 Å². The molecule has 0 aromatic heterocycles. The van der Waals surface area contributed by atoms with Crippen LogP contribution in [0.1, 0.15) is 36.0 Å². The molecule has 1 amide bonds. The molecular weight excluding hydrogens is 254 g/mol. The van der Waals surface area contributed by atoms with Gasteiger partial charge < -0.3 is 10.0 Å². The lowest BCUT2D eigenvalue weighted by molar-refractivity contribution is -0.138. The fraction of sp³-hybridized carbons (Fsp3) is 0.500. The number of nitrogens with zero attached hydrogens (tertiary/aromatic N) is 1. The molecule has 4 heteroatoms. The van der Waals surface area contributed by atoms with Crippen LogP contribution in [-0.4, -0.2) is 35.5 Å². The van der Waals surface area contributed by atoms with Crippen LogP contribution in [0.25, 0.3) is 0 Å². The topological polar surface area (TPSA) is 57.6 Å². The van der Waals surface area contributed by atoms with Crippen molar-refractivity contribution in [3.8, 4) is 0 Å². The first kappa shape index (κ1) is 16.2. The van der Waals surface area contributed by atoms with Crippen LogP contribution in [0.2, 0.25) is 0 Å². The fourth-order valence-corrected chi connectivity index (χ4v) is 1.98. The maximum Gasteiger partial charge on any atom is 0.305 e. The second-order valence-electron chi connectivity index (χ2n) is 5.23. The van der Waals surface area contributed by atoms with Crippen LogP contribution in [-0.2, 0) is 16.0 Å². The van der Waals surface area contributed by atoms with Crippen LogP contribution >= 0.6 is 0 Å². The number of benzene rings is 1. The van der Waals surface area contributed by atoms with Crippen molar-refractivity contribution in [3.05, 3.63) is 34.9 Å². The molecule has 0 saturated carbocycles. The molecule has 0 spiro atoms. The van der Waals surface area contributed by atoms with E-state index in [4.69, 9.17) is 5.11 Å². The summed E-state index contributed by atoms with van der Waals surface area (Å²) in [6, 6.07) is 6.36. The summed E-state index contributed by atoms with van der Waals surface area (Å²) in [5.41, 5.74) is 3.79. The summed E-state index contributed by atoms with van der Waals surface area (Å²) >= 11 is 0. The van der Waals surface area contributed by atoms with Crippen LogP contribution in [0.4, 0.5) is 0 Å². The van der Waals surface area contributed by atoms with Crippen LogP contribution in [0.3, 0.4) is 0 Å². The summed E-state index contributed by atoms with van der Waals surface area (Å²) in [4.78, 5) is 23.7. The van der Waals surface area contributed by atoms with E-state index in [1.165, 1.54) is 21.6 Å². The quantitative estimate of drug-likeness (QED) is 0.833. The van der Waals surface area contributed by atoms with E-state index in [1.54, 1.807) is 7.05 Å². The van der Waals surface area contributed by atoms with Crippen LogP contribution in [0.5, 0.6) is 0 Å². The number of carboxylic acids is 1. The summed E-state index contributed by atoms with van der Waals surface area (Å²) in [5, 5.41) is 8.58. The molecule has 1 rings (SSSR count). The summed E-state index contributed by atoms with van der Waals surface area (Å²) in [5.74, 6) is -0.866. The lowest BCUT2D eigenvalue weighted by atomic mass is 10.0. The molecule has 1 aromatic carbocycles. The van der Waals surface area contributed by atoms with E-state index in [9.17, 15) is 9.59 Å². The number of carbonyl (C=O) groups is 2. The molecule has 0 heterocycles. The van der Waals surface area contributed by atoms with Gasteiger partial charge in [0.15, 0.2) is 0 Å². The monoisotopic (exact) mass is 277 g/mol. The molecule has 0 aliphatic carbocycles. The molecule has 20 heavy (non-hydrogen) atoms. The maximum atomic E-state index is 11.8. The van der Waals surface area contributed by atoms with Crippen molar-refractivity contribution >= 4 is 11.9 Å². The number of hydrogen-bond donors (Lipinski definition) is 1. The van der Waals surface area contributed by atoms with E-state index >= 15 is 0 Å². The van der Waals surface area contributed by atoms with Gasteiger partial charge in [0.2, 0.25) is 5.91 Å². The minimum absolute atomic E-state index is 0.000598. The van der Waals surface area contributed by atoms with Gasteiger partial charge in [0.05, 0.1) is 6.42 Å². The van der Waals surface area contributed by atoms with Gasteiger partial charge >= 0.3 is 5.97 Å². The zero-order valence-electron chi connectivity index (χ0n) is 12.5. The minimum Gasteiger partial charge on any atom is -0.481 e. The average molecular weight is 277 g/mol. The highest BCUT2D eigenvalue weighted by Gasteiger charge is 2.10. The second kappa shape index (κ2) is 7.68. The number of carbonyl (C=O) groups excluding carboxylic acids is 1. The van der Waals surface area contributed by atoms with Gasteiger partial charge in [-0.2, -0.15) is 0 Å². The van der Waals surface area contributed by atoms with Gasteiger partial charge in [0.25, 0.3) is 0 Å². The van der Waals surface area contributed by atoms with E-state index < -0.39 is 5.97 Å². The van der Waals surface area contributed by atoms with E-state index in [2.05, 4.69) is 32.0 Å². The number of rotatable bonds is 7. The highest BCUT2D eigenvalue weighted by atomic mass is 16.4. The zero-order valence-corrected chi connectivity index (χ0v) is 12.5. The van der Waals surface area contributed by atoms with Crippen LogP contribution in [0, 0.1) is 13.8 Å². The van der Waals surface area contributed by atoms with Crippen molar-refractivity contribution in [3.63, 3.8) is 0 Å². The van der Waals surface area contributed by atoms with Crippen molar-refractivity contribution in [2.45, 2.75) is 39.5 Å². The van der Waals surface area contributed by atoms with E-state index in [0.717, 1.165) is 12.8 Å². The van der Waals surface area contributed by atoms with Crippen LogP contribution < -0.4 is 0 Å². The van der Waals surface area contributed by atoms with Crippen molar-refractivity contribution in [1.29, 1.82) is 0 Å². The number of aliphatic carboxylic acids is 1. The second-order valence-corrected chi connectivity index (χ2v) is 5.23. The van der Waals surface area contributed by atoms with Crippen LogP contribution in [0.15, 0.2) is 18.2 Å². The third-order valence-electron chi connectivity index (χ3n) is 3.51. The molecule has 1 N–H and O–H groups in total. The molecule has 0 radical (unpaired) electrons. The standard InChI is InChI=1S/C16H23NO3/c1-12-7-8-14(11-13(12)2)5-4-6-15(18)17(3)10-9-16(19)20/h7-8,11H,4-6,9-10H2,1-3H3,(H,19,20). The molecular formula is C16H23NO3. The van der Waals surface area contributed by atoms with Gasteiger partial charge in [0, 0.05) is 20.0 Å². The predicted octanol–water partition coefficient (Wildman–Crippen LogP) is 2.56. The van der Waals surface area contributed by atoms with Crippen molar-refractivity contribution in [1.82, 2.24) is 4.90 Å². The lowest BCUT2D eigenvalue weighted by Gasteiger charge is -2.15. The van der Waals surface area contributed by atoms with Gasteiger partial charge in [-0.1, -0.05) is 18.2 Å². The molecule has 1 aromatic rings. The SMILES string of the molecule is Cc1ccc(CCCC(=O)N(C)CCC(=O)O)cc1C. The number of aryl methyl sites for hydroxylation is 3. The highest BCUT2D eigenvalue weighted by Crippen LogP contribution is 2.12. The Hall–Kier alpha value is -1.84. The maximum absolute atomic E-state index is 11.8. The highest BCUT2D eigenvalue weighted by molar-refractivity contribution is 5.76. The molecule has 0 unspecified atom stereocenters. The summed E-state index contributed by atoms with van der Waals surface area (Å²) in [6.07, 6.45) is 2.13. The van der Waals surface area contributed by atoms with E-state index in [-0.39, 0.29) is 18.9 Å². The Balaban J connectivity index is 2.34. The molecule has 0 aliphatic rings. The average Bonchev–Trinajstić information content (AvgIpc) is 2.39. The predicted molar refractivity (Wildman–Crippen MR) is 78.7 cm³/mol. The Morgan fingerprint density at radius 1 is 1.15 bits per heavy atom. The zero-order chi connectivity index (χ0) is 15.1. The first-order valence-corrected chi connectivity index (χ1v) is 6.92. The first-order chi connectivity index (χ1) is 9.40. The largest absolute Gasteiger partial charge is 0.481 e. The summed E-state index contributed by atoms with van der Waals surface area (Å²) < 4.78 is 0. The van der Waals surface area contributed by atoms with Gasteiger partial charge in [-0.25, -0.2) is 0 Å². The Morgan fingerprint density at radius 3 is 2.45 bits per heavy atom. The number of hydrogen-bond acceptors (Lipinski definition) is 2. The number of carboxylic acid groups (broad SMARTS) is 1. The molecule has 0 aliphatic heterocycles. The third-order valence-corrected chi connectivity index (χ3v) is 3.51. The fourth-order valence-electron chi connectivity index (χ4n) is 1.98. The Labute approximate surface area is 120 Å². The summed E-state index contributed by atoms with van der Waals surface area (Å²) in [7, 11) is 1.65. The lowest BCUT2D eigenvalue weighted by Crippen LogP contribution is -2.28. The molecule has 4 nitrogen and oxygen atoms in total. The van der Waals surface area contributed by atoms with E-state index in [0.29, 0.717) is 6.42 Å². The minimum atomic E-state index is -0.875. The molecule has 0 saturated heterocycles. The Morgan fingerprint density at radius 2 is 1.85 bits per heavy atom. The molecule has 110 valence electrons. The molecule has 0 bridgehead atoms. The van der Waals surface area contributed by atoms with E-state index in [1.807, 2.05) is 0 Å². The third kappa shape index (κ3) is 5.43.